The van der Waals surface area contributed by atoms with Crippen molar-refractivity contribution in [3.63, 3.8) is 0 Å². The fraction of sp³-hybridized carbons (Fsp3) is 0.306. The maximum atomic E-state index is 14.0. The third-order valence-corrected chi connectivity index (χ3v) is 9.77. The number of pyridine rings is 1. The number of nitrogens with one attached hydrogen (secondary N) is 1. The number of ketones is 1. The van der Waals surface area contributed by atoms with Crippen molar-refractivity contribution in [3.8, 4) is 11.1 Å². The Bertz CT molecular complexity index is 2030. The van der Waals surface area contributed by atoms with Gasteiger partial charge in [-0.1, -0.05) is 43.3 Å². The average molecular weight is 693 g/mol. The molecule has 3 aromatic heterocycles. The second kappa shape index (κ2) is 12.1. The van der Waals surface area contributed by atoms with Crippen molar-refractivity contribution in [2.75, 3.05) is 5.32 Å². The second-order valence-electron chi connectivity index (χ2n) is 12.9. The van der Waals surface area contributed by atoms with Crippen LogP contribution in [0.5, 0.6) is 0 Å². The molecule has 5 aromatic rings. The van der Waals surface area contributed by atoms with E-state index in [-0.39, 0.29) is 35.6 Å². The van der Waals surface area contributed by atoms with E-state index in [9.17, 15) is 14.4 Å². The molecule has 4 heterocycles. The lowest BCUT2D eigenvalue weighted by Gasteiger charge is -2.27. The zero-order valence-corrected chi connectivity index (χ0v) is 28.0. The number of likely N-dealkylation sites (tertiary alicyclic amines) is 1. The Hall–Kier alpha value is -4.77. The quantitative estimate of drug-likeness (QED) is 0.149. The molecule has 10 nitrogen and oxygen atoms in total. The summed E-state index contributed by atoms with van der Waals surface area (Å²) in [7, 11) is 0. The molecule has 1 saturated carbocycles. The highest BCUT2D eigenvalue weighted by molar-refractivity contribution is 9.10. The standard InChI is InChI=1S/C36H34BrN7O3/c1-21(45)34-27-15-25(26-18-38-22(2)39-19-26)11-12-28(27)43(42-34)20-33(46)44-29(16-36(3)17-30(36)44)35(47)41-32-14-24(13-31(37)40-32)10-9-23-7-5-4-6-8-23/h4-8,11-15,18-19,29-30H,9-10,16-17,20H2,1-3H3,(H,40,41,47)/t29-,30+,36-/m0/s1. The summed E-state index contributed by atoms with van der Waals surface area (Å²) in [5.41, 5.74) is 4.80. The van der Waals surface area contributed by atoms with Gasteiger partial charge < -0.3 is 10.2 Å². The van der Waals surface area contributed by atoms with Gasteiger partial charge in [-0.15, -0.1) is 0 Å². The second-order valence-corrected chi connectivity index (χ2v) is 13.7. The van der Waals surface area contributed by atoms with Crippen LogP contribution in [-0.4, -0.2) is 59.3 Å². The zero-order chi connectivity index (χ0) is 32.9. The lowest BCUT2D eigenvalue weighted by molar-refractivity contribution is -0.138. The minimum absolute atomic E-state index is 0.0232. The van der Waals surface area contributed by atoms with Crippen LogP contribution in [0.25, 0.3) is 22.0 Å². The molecule has 2 fully saturated rings. The van der Waals surface area contributed by atoms with E-state index in [4.69, 9.17) is 0 Å². The molecule has 2 aromatic carbocycles. The summed E-state index contributed by atoms with van der Waals surface area (Å²) >= 11 is 3.50. The third kappa shape index (κ3) is 6.19. The van der Waals surface area contributed by atoms with Crippen molar-refractivity contribution in [3.05, 3.63) is 100 Å². The molecule has 1 aliphatic carbocycles. The highest BCUT2D eigenvalue weighted by atomic mass is 79.9. The zero-order valence-electron chi connectivity index (χ0n) is 26.4. The summed E-state index contributed by atoms with van der Waals surface area (Å²) in [4.78, 5) is 55.2. The van der Waals surface area contributed by atoms with Crippen molar-refractivity contribution in [2.24, 2.45) is 5.41 Å². The van der Waals surface area contributed by atoms with Gasteiger partial charge >= 0.3 is 0 Å². The van der Waals surface area contributed by atoms with E-state index in [2.05, 4.69) is 60.4 Å². The van der Waals surface area contributed by atoms with Gasteiger partial charge in [0.15, 0.2) is 5.78 Å². The Labute approximate surface area is 280 Å². The molecule has 47 heavy (non-hydrogen) atoms. The van der Waals surface area contributed by atoms with Crippen LogP contribution in [0.15, 0.2) is 77.7 Å². The summed E-state index contributed by atoms with van der Waals surface area (Å²) in [6.45, 7) is 5.32. The normalized spacial score (nSPS) is 19.9. The van der Waals surface area contributed by atoms with Gasteiger partial charge in [0.05, 0.1) is 5.52 Å². The molecule has 11 heteroatoms. The SMILES string of the molecule is CC(=O)c1nn(CC(=O)N2[C@H](C(=O)Nc3cc(CCc4ccccc4)cc(Br)n3)C[C@@]3(C)C[C@@H]23)c2ccc(-c3cnc(C)nc3)cc12. The largest absolute Gasteiger partial charge is 0.325 e. The minimum atomic E-state index is -0.637. The summed E-state index contributed by atoms with van der Waals surface area (Å²) in [6, 6.07) is 19.1. The number of anilines is 1. The summed E-state index contributed by atoms with van der Waals surface area (Å²) in [5.74, 6) is 0.451. The number of carbonyl (C=O) groups excluding carboxylic acids is 3. The van der Waals surface area contributed by atoms with Crippen LogP contribution in [0.3, 0.4) is 0 Å². The molecule has 0 unspecified atom stereocenters. The van der Waals surface area contributed by atoms with Crippen molar-refractivity contribution < 1.29 is 14.4 Å². The van der Waals surface area contributed by atoms with Gasteiger partial charge in [0.25, 0.3) is 0 Å². The number of benzene rings is 2. The Morgan fingerprint density at radius 1 is 0.957 bits per heavy atom. The predicted molar refractivity (Wildman–Crippen MR) is 182 cm³/mol. The molecule has 7 rings (SSSR count). The molecule has 0 spiro atoms. The molecule has 2 aliphatic rings. The molecule has 3 atom stereocenters. The number of halogens is 1. The number of amides is 2. The average Bonchev–Trinajstić information content (AvgIpc) is 3.41. The lowest BCUT2D eigenvalue weighted by Crippen LogP contribution is -2.46. The predicted octanol–water partition coefficient (Wildman–Crippen LogP) is 5.97. The van der Waals surface area contributed by atoms with E-state index < -0.39 is 6.04 Å². The number of rotatable bonds is 9. The van der Waals surface area contributed by atoms with Crippen LogP contribution in [0.1, 0.15) is 54.1 Å². The number of carbonyl (C=O) groups is 3. The van der Waals surface area contributed by atoms with Gasteiger partial charge in [-0.05, 0) is 94.9 Å². The highest BCUT2D eigenvalue weighted by Crippen LogP contribution is 2.59. The first-order chi connectivity index (χ1) is 22.6. The summed E-state index contributed by atoms with van der Waals surface area (Å²) < 4.78 is 2.21. The van der Waals surface area contributed by atoms with Crippen molar-refractivity contribution in [1.29, 1.82) is 0 Å². The first kappa shape index (κ1) is 30.9. The number of fused-ring (bicyclic) bond motifs is 2. The molecular weight excluding hydrogens is 658 g/mol. The van der Waals surface area contributed by atoms with Crippen LogP contribution < -0.4 is 5.32 Å². The summed E-state index contributed by atoms with van der Waals surface area (Å²) in [5, 5.41) is 8.22. The molecule has 0 radical (unpaired) electrons. The van der Waals surface area contributed by atoms with Gasteiger partial charge in [0.2, 0.25) is 11.8 Å². The maximum absolute atomic E-state index is 14.0. The maximum Gasteiger partial charge on any atom is 0.248 e. The first-order valence-electron chi connectivity index (χ1n) is 15.7. The van der Waals surface area contributed by atoms with Crippen molar-refractivity contribution in [1.82, 2.24) is 29.6 Å². The fourth-order valence-electron chi connectivity index (χ4n) is 6.75. The summed E-state index contributed by atoms with van der Waals surface area (Å²) in [6.07, 6.45) is 6.57. The number of hydrogen-bond donors (Lipinski definition) is 1. The molecule has 1 saturated heterocycles. The van der Waals surface area contributed by atoms with E-state index in [0.717, 1.165) is 36.0 Å². The number of aryl methyl sites for hydroxylation is 3. The van der Waals surface area contributed by atoms with E-state index >= 15 is 0 Å². The molecular formula is C36H34BrN7O3. The van der Waals surface area contributed by atoms with E-state index in [1.807, 2.05) is 55.5 Å². The molecule has 1 N–H and O–H groups in total. The smallest absolute Gasteiger partial charge is 0.248 e. The van der Waals surface area contributed by atoms with Crippen LogP contribution in [0.4, 0.5) is 5.82 Å². The number of nitrogens with zero attached hydrogens (tertiary/aromatic N) is 6. The Balaban J connectivity index is 1.10. The topological polar surface area (TPSA) is 123 Å². The van der Waals surface area contributed by atoms with Gasteiger partial charge in [0.1, 0.15) is 34.5 Å². The fourth-order valence-corrected chi connectivity index (χ4v) is 7.24. The van der Waals surface area contributed by atoms with Gasteiger partial charge in [-0.2, -0.15) is 5.10 Å². The molecule has 0 bridgehead atoms. The number of Topliss-reactive ketones (excluding diaryl/α,β-unsaturated/α-hetero) is 1. The van der Waals surface area contributed by atoms with E-state index in [1.54, 1.807) is 22.0 Å². The Morgan fingerprint density at radius 2 is 1.70 bits per heavy atom. The van der Waals surface area contributed by atoms with Gasteiger partial charge in [-0.3, -0.25) is 19.1 Å². The Morgan fingerprint density at radius 3 is 2.45 bits per heavy atom. The van der Waals surface area contributed by atoms with Gasteiger partial charge in [0, 0.05) is 36.3 Å². The van der Waals surface area contributed by atoms with Crippen LogP contribution in [0, 0.1) is 12.3 Å². The lowest BCUT2D eigenvalue weighted by atomic mass is 10.0. The van der Waals surface area contributed by atoms with Crippen LogP contribution in [0.2, 0.25) is 0 Å². The highest BCUT2D eigenvalue weighted by Gasteiger charge is 2.64. The van der Waals surface area contributed by atoms with Gasteiger partial charge in [-0.25, -0.2) is 15.0 Å². The number of aromatic nitrogens is 5. The van der Waals surface area contributed by atoms with E-state index in [1.165, 1.54) is 12.5 Å². The number of hydrogen-bond acceptors (Lipinski definition) is 7. The third-order valence-electron chi connectivity index (χ3n) is 9.36. The monoisotopic (exact) mass is 691 g/mol. The first-order valence-corrected chi connectivity index (χ1v) is 16.5. The van der Waals surface area contributed by atoms with E-state index in [0.29, 0.717) is 39.3 Å². The van der Waals surface area contributed by atoms with Crippen molar-refractivity contribution in [2.45, 2.75) is 65.1 Å². The van der Waals surface area contributed by atoms with Crippen LogP contribution >= 0.6 is 15.9 Å². The van der Waals surface area contributed by atoms with Crippen LogP contribution in [-0.2, 0) is 29.0 Å². The Kier molecular flexibility index (Phi) is 7.95. The van der Waals surface area contributed by atoms with Crippen molar-refractivity contribution >= 4 is 50.2 Å². The molecule has 238 valence electrons. The number of piperidine rings is 1. The molecule has 1 aliphatic heterocycles. The minimum Gasteiger partial charge on any atom is -0.325 e. The molecule has 2 amide bonds.